The van der Waals surface area contributed by atoms with E-state index in [9.17, 15) is 19.5 Å². The number of carbonyl (C=O) groups is 3. The van der Waals surface area contributed by atoms with Crippen LogP contribution in [0, 0.1) is 0 Å². The van der Waals surface area contributed by atoms with Gasteiger partial charge in [-0.15, -0.1) is 0 Å². The average molecular weight is 830 g/mol. The van der Waals surface area contributed by atoms with Gasteiger partial charge in [0.25, 0.3) is 0 Å². The number of nitrogens with zero attached hydrogens (tertiary/aromatic N) is 1. The van der Waals surface area contributed by atoms with E-state index in [0.717, 1.165) is 70.6 Å². The first-order valence-corrected chi connectivity index (χ1v) is 24.2. The SMILES string of the molecule is CCCCC/C=C/C/C=C/C/C=C/CCCCCCCCCCCC(=O)OCC(COCCC(C(=O)[O-])[N+](C)(C)C)OC(=O)CCCCC/C=C/CCCCCCCC. The minimum atomic E-state index is -1.13. The smallest absolute Gasteiger partial charge is 0.306 e. The van der Waals surface area contributed by atoms with Crippen LogP contribution < -0.4 is 5.11 Å². The predicted octanol–water partition coefficient (Wildman–Crippen LogP) is 12.3. The van der Waals surface area contributed by atoms with E-state index in [2.05, 4.69) is 62.5 Å². The number of carboxylic acids is 1. The molecule has 0 aromatic rings. The van der Waals surface area contributed by atoms with Gasteiger partial charge in [-0.25, -0.2) is 0 Å². The molecule has 0 aliphatic carbocycles. The Morgan fingerprint density at radius 3 is 1.39 bits per heavy atom. The fraction of sp³-hybridized carbons (Fsp3) is 0.784. The molecule has 342 valence electrons. The van der Waals surface area contributed by atoms with Gasteiger partial charge in [0.2, 0.25) is 0 Å². The molecule has 0 rings (SSSR count). The zero-order valence-corrected chi connectivity index (χ0v) is 38.9. The van der Waals surface area contributed by atoms with E-state index in [1.54, 1.807) is 21.1 Å². The number of aliphatic carboxylic acids is 1. The molecule has 0 fully saturated rings. The summed E-state index contributed by atoms with van der Waals surface area (Å²) in [6.07, 6.45) is 49.9. The van der Waals surface area contributed by atoms with Crippen LogP contribution in [0.1, 0.15) is 206 Å². The lowest BCUT2D eigenvalue weighted by atomic mass is 10.1. The van der Waals surface area contributed by atoms with Crippen LogP contribution in [0.15, 0.2) is 48.6 Å². The van der Waals surface area contributed by atoms with Gasteiger partial charge in [-0.1, -0.05) is 159 Å². The molecule has 2 atom stereocenters. The van der Waals surface area contributed by atoms with Crippen molar-refractivity contribution in [1.82, 2.24) is 0 Å². The second kappa shape index (κ2) is 42.0. The Labute approximate surface area is 363 Å². The molecule has 8 heteroatoms. The van der Waals surface area contributed by atoms with Gasteiger partial charge in [0.05, 0.1) is 40.3 Å². The monoisotopic (exact) mass is 830 g/mol. The van der Waals surface area contributed by atoms with Crippen LogP contribution in [-0.4, -0.2) is 75.5 Å². The average Bonchev–Trinajstić information content (AvgIpc) is 3.19. The Morgan fingerprint density at radius 1 is 0.508 bits per heavy atom. The van der Waals surface area contributed by atoms with Crippen molar-refractivity contribution in [3.05, 3.63) is 48.6 Å². The highest BCUT2D eigenvalue weighted by molar-refractivity contribution is 5.70. The summed E-state index contributed by atoms with van der Waals surface area (Å²) in [6.45, 7) is 4.61. The lowest BCUT2D eigenvalue weighted by molar-refractivity contribution is -0.889. The molecule has 0 aromatic heterocycles. The first kappa shape index (κ1) is 56.3. The topological polar surface area (TPSA) is 102 Å². The summed E-state index contributed by atoms with van der Waals surface area (Å²) in [7, 11) is 5.40. The highest BCUT2D eigenvalue weighted by Gasteiger charge is 2.25. The number of likely N-dealkylation sites (N-methyl/N-ethyl adjacent to an activating group) is 1. The van der Waals surface area contributed by atoms with Gasteiger partial charge in [0.15, 0.2) is 6.10 Å². The number of carboxylic acid groups (broad SMARTS) is 1. The van der Waals surface area contributed by atoms with Crippen LogP contribution in [0.5, 0.6) is 0 Å². The summed E-state index contributed by atoms with van der Waals surface area (Å²) in [5, 5.41) is 11.6. The third kappa shape index (κ3) is 40.5. The number of allylic oxidation sites excluding steroid dienone is 8. The molecule has 0 amide bonds. The van der Waals surface area contributed by atoms with Gasteiger partial charge in [-0.2, -0.15) is 0 Å². The van der Waals surface area contributed by atoms with Crippen LogP contribution in [-0.2, 0) is 28.6 Å². The van der Waals surface area contributed by atoms with Crippen molar-refractivity contribution in [3.8, 4) is 0 Å². The Balaban J connectivity index is 4.26. The third-order valence-electron chi connectivity index (χ3n) is 10.7. The maximum Gasteiger partial charge on any atom is 0.306 e. The van der Waals surface area contributed by atoms with Crippen molar-refractivity contribution in [1.29, 1.82) is 0 Å². The molecule has 8 nitrogen and oxygen atoms in total. The van der Waals surface area contributed by atoms with Crippen molar-refractivity contribution >= 4 is 17.9 Å². The molecule has 0 bridgehead atoms. The molecule has 0 saturated heterocycles. The second-order valence-electron chi connectivity index (χ2n) is 17.3. The summed E-state index contributed by atoms with van der Waals surface area (Å²) in [5.41, 5.74) is 0. The van der Waals surface area contributed by atoms with E-state index in [-0.39, 0.29) is 42.7 Å². The Hall–Kier alpha value is -2.71. The first-order valence-electron chi connectivity index (χ1n) is 24.2. The van der Waals surface area contributed by atoms with E-state index in [1.807, 2.05) is 0 Å². The lowest BCUT2D eigenvalue weighted by Gasteiger charge is -2.34. The first-order chi connectivity index (χ1) is 28.6. The molecular weight excluding hydrogens is 739 g/mol. The van der Waals surface area contributed by atoms with E-state index < -0.39 is 18.1 Å². The van der Waals surface area contributed by atoms with Crippen molar-refractivity contribution < 1.29 is 38.2 Å². The number of quaternary nitrogens is 1. The third-order valence-corrected chi connectivity index (χ3v) is 10.7. The summed E-state index contributed by atoms with van der Waals surface area (Å²) in [6, 6.07) is -0.729. The largest absolute Gasteiger partial charge is 0.544 e. The van der Waals surface area contributed by atoms with Gasteiger partial charge in [-0.3, -0.25) is 9.59 Å². The Bertz CT molecular complexity index is 1110. The number of ether oxygens (including phenoxy) is 3. The minimum absolute atomic E-state index is 0.0329. The maximum atomic E-state index is 12.7. The number of hydrogen-bond acceptors (Lipinski definition) is 7. The van der Waals surface area contributed by atoms with E-state index in [4.69, 9.17) is 14.2 Å². The Morgan fingerprint density at radius 2 is 0.898 bits per heavy atom. The molecule has 59 heavy (non-hydrogen) atoms. The highest BCUT2D eigenvalue weighted by atomic mass is 16.6. The molecule has 0 radical (unpaired) electrons. The standard InChI is InChI=1S/C51H91NO7/c1-6-8-10-12-14-16-18-20-21-22-23-24-25-26-27-28-30-31-33-35-37-39-41-49(53)58-46-47(45-57-44-43-48(51(55)56)52(3,4)5)59-50(54)42-40-38-36-34-32-29-19-17-15-13-11-9-7-2/h14,16,20-21,23-24,29,32,47-48H,6-13,15,17-19,22,25-28,30-31,33-46H2,1-5H3/b16-14+,21-20+,24-23+,32-29+. The van der Waals surface area contributed by atoms with Gasteiger partial charge >= 0.3 is 11.9 Å². The molecule has 0 spiro atoms. The predicted molar refractivity (Wildman–Crippen MR) is 245 cm³/mol. The fourth-order valence-corrected chi connectivity index (χ4v) is 6.90. The summed E-state index contributed by atoms with van der Waals surface area (Å²) in [4.78, 5) is 36.9. The number of unbranched alkanes of at least 4 members (excludes halogenated alkanes) is 21. The van der Waals surface area contributed by atoms with Gasteiger partial charge < -0.3 is 28.6 Å². The molecule has 2 unspecified atom stereocenters. The molecule has 0 heterocycles. The number of rotatable bonds is 43. The zero-order chi connectivity index (χ0) is 43.5. The number of carbonyl (C=O) groups excluding carboxylic acids is 3. The summed E-state index contributed by atoms with van der Waals surface area (Å²) < 4.78 is 17.2. The van der Waals surface area contributed by atoms with E-state index >= 15 is 0 Å². The van der Waals surface area contributed by atoms with Crippen molar-refractivity contribution in [2.24, 2.45) is 0 Å². The van der Waals surface area contributed by atoms with Crippen molar-refractivity contribution in [2.45, 2.75) is 219 Å². The van der Waals surface area contributed by atoms with Crippen LogP contribution in [0.4, 0.5) is 0 Å². The quantitative estimate of drug-likeness (QED) is 0.0261. The van der Waals surface area contributed by atoms with Gasteiger partial charge in [0, 0.05) is 19.3 Å². The summed E-state index contributed by atoms with van der Waals surface area (Å²) in [5.74, 6) is -1.76. The maximum absolute atomic E-state index is 12.7. The molecule has 0 aromatic carbocycles. The fourth-order valence-electron chi connectivity index (χ4n) is 6.90. The normalized spacial score (nSPS) is 13.3. The number of hydrogen-bond donors (Lipinski definition) is 0. The van der Waals surface area contributed by atoms with Crippen molar-refractivity contribution in [2.75, 3.05) is 41.0 Å². The van der Waals surface area contributed by atoms with Crippen LogP contribution in [0.3, 0.4) is 0 Å². The van der Waals surface area contributed by atoms with Crippen LogP contribution in [0.2, 0.25) is 0 Å². The lowest BCUT2D eigenvalue weighted by Crippen LogP contribution is -2.55. The van der Waals surface area contributed by atoms with E-state index in [0.29, 0.717) is 12.8 Å². The summed E-state index contributed by atoms with van der Waals surface area (Å²) >= 11 is 0. The van der Waals surface area contributed by atoms with Gasteiger partial charge in [0.1, 0.15) is 12.6 Å². The number of esters is 2. The molecular formula is C51H91NO7. The minimum Gasteiger partial charge on any atom is -0.544 e. The molecule has 0 aliphatic heterocycles. The zero-order valence-electron chi connectivity index (χ0n) is 38.9. The molecule has 0 N–H and O–H groups in total. The highest BCUT2D eigenvalue weighted by Crippen LogP contribution is 2.14. The Kier molecular flexibility index (Phi) is 40.1. The molecule has 0 saturated carbocycles. The second-order valence-corrected chi connectivity index (χ2v) is 17.3. The van der Waals surface area contributed by atoms with Crippen LogP contribution in [0.25, 0.3) is 0 Å². The van der Waals surface area contributed by atoms with Gasteiger partial charge in [-0.05, 0) is 77.0 Å². The molecule has 0 aliphatic rings. The van der Waals surface area contributed by atoms with Crippen molar-refractivity contribution in [3.63, 3.8) is 0 Å². The van der Waals surface area contributed by atoms with E-state index in [1.165, 1.54) is 103 Å². The van der Waals surface area contributed by atoms with Crippen LogP contribution >= 0.6 is 0 Å².